The van der Waals surface area contributed by atoms with E-state index in [2.05, 4.69) is 27.7 Å². The number of alkyl halides is 1. The fraction of sp³-hybridized carbons (Fsp3) is 1.00. The van der Waals surface area contributed by atoms with Gasteiger partial charge in [0.1, 0.15) is 5.60 Å². The maximum Gasteiger partial charge on any atom is 0.132 e. The number of halogens is 1. The molecule has 3 N–H and O–H groups in total. The maximum absolute atomic E-state index is 11.0. The second-order valence-electron chi connectivity index (χ2n) is 9.95. The number of hydrogen-bond acceptors (Lipinski definition) is 4. The number of fused-ring (bicyclic) bond motifs is 3. The summed E-state index contributed by atoms with van der Waals surface area (Å²) in [4.78, 5) is 0. The SMILES string of the molecule is CC1(C)CCC[C@@]2(C)[C@@H]1CC[C@@]1(C)O[C@H]([C@@](O)(CO)[C@@H](Cl)CO)C[C@H]21. The topological polar surface area (TPSA) is 69.9 Å². The normalized spacial score (nSPS) is 46.8. The van der Waals surface area contributed by atoms with Gasteiger partial charge in [-0.05, 0) is 61.7 Å². The van der Waals surface area contributed by atoms with Gasteiger partial charge < -0.3 is 20.1 Å². The van der Waals surface area contributed by atoms with Crippen molar-refractivity contribution in [3.05, 3.63) is 0 Å². The van der Waals surface area contributed by atoms with E-state index in [0.29, 0.717) is 23.7 Å². The fourth-order valence-corrected chi connectivity index (χ4v) is 6.93. The largest absolute Gasteiger partial charge is 0.395 e. The predicted molar refractivity (Wildman–Crippen MR) is 98.6 cm³/mol. The molecule has 5 heteroatoms. The molecule has 1 aliphatic heterocycles. The molecule has 0 spiro atoms. The molecule has 3 aliphatic rings. The summed E-state index contributed by atoms with van der Waals surface area (Å²) in [5, 5.41) is 29.3. The Hall–Kier alpha value is 0.130. The first kappa shape index (κ1) is 19.9. The zero-order valence-electron chi connectivity index (χ0n) is 16.1. The van der Waals surface area contributed by atoms with Crippen molar-refractivity contribution in [2.24, 2.45) is 22.7 Å². The zero-order chi connectivity index (χ0) is 18.7. The third-order valence-corrected chi connectivity index (χ3v) is 8.63. The van der Waals surface area contributed by atoms with Gasteiger partial charge in [-0.15, -0.1) is 11.6 Å². The van der Waals surface area contributed by atoms with Gasteiger partial charge in [-0.1, -0.05) is 27.2 Å². The number of aliphatic hydroxyl groups excluding tert-OH is 2. The number of ether oxygens (including phenoxy) is 1. The van der Waals surface area contributed by atoms with E-state index in [1.54, 1.807) is 0 Å². The zero-order valence-corrected chi connectivity index (χ0v) is 16.9. The summed E-state index contributed by atoms with van der Waals surface area (Å²) < 4.78 is 6.41. The van der Waals surface area contributed by atoms with E-state index in [9.17, 15) is 15.3 Å². The minimum atomic E-state index is -1.60. The van der Waals surface area contributed by atoms with Gasteiger partial charge in [0, 0.05) is 0 Å². The second kappa shape index (κ2) is 6.34. The van der Waals surface area contributed by atoms with Crippen molar-refractivity contribution in [2.45, 2.75) is 88.9 Å². The van der Waals surface area contributed by atoms with Crippen LogP contribution in [0.5, 0.6) is 0 Å². The van der Waals surface area contributed by atoms with Crippen LogP contribution in [0.15, 0.2) is 0 Å². The highest BCUT2D eigenvalue weighted by Gasteiger charge is 2.64. The van der Waals surface area contributed by atoms with Gasteiger partial charge in [0.15, 0.2) is 0 Å². The van der Waals surface area contributed by atoms with Crippen LogP contribution in [0.4, 0.5) is 0 Å². The van der Waals surface area contributed by atoms with Gasteiger partial charge in [0.25, 0.3) is 0 Å². The molecule has 0 unspecified atom stereocenters. The third-order valence-electron chi connectivity index (χ3n) is 8.11. The molecule has 3 rings (SSSR count). The third kappa shape index (κ3) is 2.87. The molecule has 146 valence electrons. The first-order valence-corrected chi connectivity index (χ1v) is 10.2. The van der Waals surface area contributed by atoms with Crippen molar-refractivity contribution >= 4 is 11.6 Å². The Morgan fingerprint density at radius 3 is 2.40 bits per heavy atom. The lowest BCUT2D eigenvalue weighted by molar-refractivity contribution is -0.185. The van der Waals surface area contributed by atoms with E-state index in [-0.39, 0.29) is 17.6 Å². The van der Waals surface area contributed by atoms with Gasteiger partial charge in [0.2, 0.25) is 0 Å². The standard InChI is InChI=1S/C20H35ClO4/c1-17(2)7-5-8-18(3)13(17)6-9-19(4)14(18)10-16(25-19)20(24,12-23)15(21)11-22/h13-16,22-24H,5-12H2,1-4H3/t13-,14-,15+,16+,18+,19-,20-/m1/s1. The van der Waals surface area contributed by atoms with Gasteiger partial charge >= 0.3 is 0 Å². The molecule has 2 saturated carbocycles. The molecule has 4 nitrogen and oxygen atoms in total. The van der Waals surface area contributed by atoms with Crippen molar-refractivity contribution in [3.63, 3.8) is 0 Å². The van der Waals surface area contributed by atoms with Crippen molar-refractivity contribution in [1.29, 1.82) is 0 Å². The second-order valence-corrected chi connectivity index (χ2v) is 10.5. The average Bonchev–Trinajstić information content (AvgIpc) is 2.92. The Labute approximate surface area is 156 Å². The minimum Gasteiger partial charge on any atom is -0.395 e. The molecule has 0 bridgehead atoms. The molecule has 0 radical (unpaired) electrons. The van der Waals surface area contributed by atoms with E-state index >= 15 is 0 Å². The van der Waals surface area contributed by atoms with Gasteiger partial charge in [-0.2, -0.15) is 0 Å². The monoisotopic (exact) mass is 374 g/mol. The molecule has 25 heavy (non-hydrogen) atoms. The summed E-state index contributed by atoms with van der Waals surface area (Å²) in [6.07, 6.45) is 5.98. The lowest BCUT2D eigenvalue weighted by Gasteiger charge is -2.60. The maximum atomic E-state index is 11.0. The van der Waals surface area contributed by atoms with Gasteiger partial charge in [0.05, 0.1) is 30.3 Å². The Kier molecular flexibility index (Phi) is 5.04. The molecule has 7 atom stereocenters. The van der Waals surface area contributed by atoms with Crippen LogP contribution in [-0.4, -0.2) is 51.2 Å². The summed E-state index contributed by atoms with van der Waals surface area (Å²) in [5.41, 5.74) is -1.38. The summed E-state index contributed by atoms with van der Waals surface area (Å²) in [6, 6.07) is 0. The van der Waals surface area contributed by atoms with Crippen LogP contribution in [0.1, 0.15) is 66.2 Å². The van der Waals surface area contributed by atoms with Crippen molar-refractivity contribution in [2.75, 3.05) is 13.2 Å². The predicted octanol–water partition coefficient (Wildman–Crippen LogP) is 3.10. The smallest absolute Gasteiger partial charge is 0.132 e. The van der Waals surface area contributed by atoms with E-state index in [1.807, 2.05) is 0 Å². The van der Waals surface area contributed by atoms with Gasteiger partial charge in [-0.3, -0.25) is 0 Å². The lowest BCUT2D eigenvalue weighted by atomic mass is 9.45. The highest BCUT2D eigenvalue weighted by molar-refractivity contribution is 6.21. The summed E-state index contributed by atoms with van der Waals surface area (Å²) in [5.74, 6) is 0.991. The highest BCUT2D eigenvalue weighted by Crippen LogP contribution is 2.66. The fourth-order valence-electron chi connectivity index (χ4n) is 6.72. The molecule has 0 aromatic rings. The van der Waals surface area contributed by atoms with Crippen LogP contribution in [0.3, 0.4) is 0 Å². The number of hydrogen-bond donors (Lipinski definition) is 3. The molecule has 2 aliphatic carbocycles. The minimum absolute atomic E-state index is 0.181. The number of aliphatic hydroxyl groups is 3. The van der Waals surface area contributed by atoms with Crippen molar-refractivity contribution in [1.82, 2.24) is 0 Å². The van der Waals surface area contributed by atoms with Gasteiger partial charge in [-0.25, -0.2) is 0 Å². The molecular formula is C20H35ClO4. The molecular weight excluding hydrogens is 340 g/mol. The van der Waals surface area contributed by atoms with E-state index in [0.717, 1.165) is 12.8 Å². The molecule has 0 aromatic carbocycles. The van der Waals surface area contributed by atoms with E-state index < -0.39 is 23.7 Å². The lowest BCUT2D eigenvalue weighted by Crippen LogP contribution is -2.56. The number of rotatable bonds is 4. The summed E-state index contributed by atoms with van der Waals surface area (Å²) in [6.45, 7) is 8.49. The van der Waals surface area contributed by atoms with Crippen molar-refractivity contribution in [3.8, 4) is 0 Å². The Morgan fingerprint density at radius 1 is 1.12 bits per heavy atom. The van der Waals surface area contributed by atoms with Crippen LogP contribution in [0.2, 0.25) is 0 Å². The van der Waals surface area contributed by atoms with Crippen LogP contribution in [0, 0.1) is 22.7 Å². The molecule has 0 aromatic heterocycles. The van der Waals surface area contributed by atoms with Crippen LogP contribution in [0.25, 0.3) is 0 Å². The first-order valence-electron chi connectivity index (χ1n) is 9.79. The Morgan fingerprint density at radius 2 is 1.80 bits per heavy atom. The van der Waals surface area contributed by atoms with E-state index in [1.165, 1.54) is 19.3 Å². The molecule has 3 fully saturated rings. The van der Waals surface area contributed by atoms with Crippen molar-refractivity contribution < 1.29 is 20.1 Å². The quantitative estimate of drug-likeness (QED) is 0.661. The first-order chi connectivity index (χ1) is 11.5. The molecule has 1 heterocycles. The average molecular weight is 375 g/mol. The van der Waals surface area contributed by atoms with Crippen LogP contribution in [-0.2, 0) is 4.74 Å². The highest BCUT2D eigenvalue weighted by atomic mass is 35.5. The Bertz CT molecular complexity index is 512. The van der Waals surface area contributed by atoms with Crippen LogP contribution < -0.4 is 0 Å². The summed E-state index contributed by atoms with van der Waals surface area (Å²) in [7, 11) is 0. The molecule has 0 amide bonds. The Balaban J connectivity index is 1.92. The van der Waals surface area contributed by atoms with Crippen LogP contribution >= 0.6 is 11.6 Å². The molecule has 1 saturated heterocycles. The van der Waals surface area contributed by atoms with E-state index in [4.69, 9.17) is 16.3 Å². The summed E-state index contributed by atoms with van der Waals surface area (Å²) >= 11 is 6.17.